The first-order chi connectivity index (χ1) is 12.6. The maximum absolute atomic E-state index is 14.0. The van der Waals surface area contributed by atoms with Crippen molar-refractivity contribution in [3.8, 4) is 0 Å². The number of carbonyl (C=O) groups is 2. The van der Waals surface area contributed by atoms with Crippen LogP contribution in [0.4, 0.5) is 23.2 Å². The molecule has 27 heavy (non-hydrogen) atoms. The van der Waals surface area contributed by atoms with E-state index in [0.717, 1.165) is 23.1 Å². The Hall–Kier alpha value is -2.61. The molecule has 0 spiro atoms. The molecule has 1 saturated heterocycles. The fourth-order valence-corrected chi connectivity index (χ4v) is 2.90. The van der Waals surface area contributed by atoms with Gasteiger partial charge in [-0.15, -0.1) is 0 Å². The summed E-state index contributed by atoms with van der Waals surface area (Å²) in [7, 11) is 0. The standard InChI is InChI=1S/C18H13ClF4N2O2/c19-13-5-6-15(14(20)7-13)25-10-16(26)24(9-17(25)27)8-11-1-3-12(4-2-11)18(21,22)23/h1-7H,8-10H2. The van der Waals surface area contributed by atoms with Gasteiger partial charge in [-0.05, 0) is 35.9 Å². The summed E-state index contributed by atoms with van der Waals surface area (Å²) in [6.07, 6.45) is -4.45. The second-order valence-electron chi connectivity index (χ2n) is 6.02. The first kappa shape index (κ1) is 19.2. The second-order valence-corrected chi connectivity index (χ2v) is 6.46. The van der Waals surface area contributed by atoms with Crippen LogP contribution in [-0.2, 0) is 22.3 Å². The molecule has 1 fully saturated rings. The topological polar surface area (TPSA) is 40.6 Å². The van der Waals surface area contributed by atoms with E-state index >= 15 is 0 Å². The molecule has 0 radical (unpaired) electrons. The number of halogens is 5. The third-order valence-electron chi connectivity index (χ3n) is 4.13. The van der Waals surface area contributed by atoms with E-state index in [2.05, 4.69) is 0 Å². The molecule has 1 heterocycles. The van der Waals surface area contributed by atoms with Crippen LogP contribution in [0.5, 0.6) is 0 Å². The van der Waals surface area contributed by atoms with Crippen LogP contribution < -0.4 is 4.90 Å². The fourth-order valence-electron chi connectivity index (χ4n) is 2.74. The quantitative estimate of drug-likeness (QED) is 0.734. The Morgan fingerprint density at radius 3 is 2.22 bits per heavy atom. The van der Waals surface area contributed by atoms with Crippen molar-refractivity contribution in [2.75, 3.05) is 18.0 Å². The number of anilines is 1. The van der Waals surface area contributed by atoms with Crippen molar-refractivity contribution < 1.29 is 27.2 Å². The zero-order valence-corrected chi connectivity index (χ0v) is 14.5. The third kappa shape index (κ3) is 4.21. The minimum absolute atomic E-state index is 0.0142. The van der Waals surface area contributed by atoms with Gasteiger partial charge in [-0.2, -0.15) is 13.2 Å². The molecule has 9 heteroatoms. The van der Waals surface area contributed by atoms with E-state index in [1.165, 1.54) is 29.2 Å². The van der Waals surface area contributed by atoms with Gasteiger partial charge < -0.3 is 4.90 Å². The van der Waals surface area contributed by atoms with Crippen LogP contribution in [0.1, 0.15) is 11.1 Å². The van der Waals surface area contributed by atoms with E-state index < -0.39 is 29.4 Å². The van der Waals surface area contributed by atoms with Gasteiger partial charge in [0.1, 0.15) is 18.9 Å². The number of alkyl halides is 3. The summed E-state index contributed by atoms with van der Waals surface area (Å²) in [5.74, 6) is -1.66. The number of amides is 2. The molecule has 0 saturated carbocycles. The predicted octanol–water partition coefficient (Wildman–Crippen LogP) is 3.87. The number of rotatable bonds is 3. The van der Waals surface area contributed by atoms with E-state index in [9.17, 15) is 27.2 Å². The number of hydrogen-bond donors (Lipinski definition) is 0. The molecular formula is C18H13ClF4N2O2. The van der Waals surface area contributed by atoms with Crippen LogP contribution in [0, 0.1) is 5.82 Å². The maximum atomic E-state index is 14.0. The molecule has 0 N–H and O–H groups in total. The summed E-state index contributed by atoms with van der Waals surface area (Å²) in [5, 5.41) is 0.163. The molecule has 0 unspecified atom stereocenters. The number of piperazine rings is 1. The Bertz CT molecular complexity index is 884. The summed E-state index contributed by atoms with van der Waals surface area (Å²) in [6, 6.07) is 8.11. The predicted molar refractivity (Wildman–Crippen MR) is 90.6 cm³/mol. The molecule has 0 aromatic heterocycles. The van der Waals surface area contributed by atoms with Gasteiger partial charge in [0.15, 0.2) is 0 Å². The van der Waals surface area contributed by atoms with Crippen LogP contribution in [0.15, 0.2) is 42.5 Å². The average Bonchev–Trinajstić information content (AvgIpc) is 2.58. The average molecular weight is 401 g/mol. The lowest BCUT2D eigenvalue weighted by Gasteiger charge is -2.34. The highest BCUT2D eigenvalue weighted by Crippen LogP contribution is 2.29. The van der Waals surface area contributed by atoms with Gasteiger partial charge in [0, 0.05) is 11.6 Å². The molecule has 0 atom stereocenters. The molecule has 3 rings (SSSR count). The maximum Gasteiger partial charge on any atom is 0.416 e. The van der Waals surface area contributed by atoms with Crippen molar-refractivity contribution in [1.29, 1.82) is 0 Å². The lowest BCUT2D eigenvalue weighted by molar-refractivity contribution is -0.139. The number of hydrogen-bond acceptors (Lipinski definition) is 2. The molecule has 142 valence electrons. The number of nitrogens with zero attached hydrogens (tertiary/aromatic N) is 2. The Morgan fingerprint density at radius 1 is 0.963 bits per heavy atom. The normalized spacial score (nSPS) is 15.4. The van der Waals surface area contributed by atoms with E-state index in [1.807, 2.05) is 0 Å². The zero-order chi connectivity index (χ0) is 19.8. The summed E-state index contributed by atoms with van der Waals surface area (Å²) >= 11 is 5.68. The SMILES string of the molecule is O=C1CN(c2ccc(Cl)cc2F)C(=O)CN1Cc1ccc(C(F)(F)F)cc1. The molecule has 4 nitrogen and oxygen atoms in total. The molecule has 2 aromatic carbocycles. The van der Waals surface area contributed by atoms with Gasteiger partial charge >= 0.3 is 6.18 Å². The molecule has 1 aliphatic rings. The Labute approximate surface area is 156 Å². The van der Waals surface area contributed by atoms with Crippen LogP contribution >= 0.6 is 11.6 Å². The molecule has 0 bridgehead atoms. The summed E-state index contributed by atoms with van der Waals surface area (Å²) < 4.78 is 51.8. The number of benzene rings is 2. The summed E-state index contributed by atoms with van der Waals surface area (Å²) in [5.41, 5.74) is -0.390. The van der Waals surface area contributed by atoms with Crippen molar-refractivity contribution in [3.05, 3.63) is 64.4 Å². The molecule has 1 aliphatic heterocycles. The second kappa shape index (κ2) is 7.19. The minimum Gasteiger partial charge on any atom is -0.327 e. The van der Waals surface area contributed by atoms with E-state index in [1.54, 1.807) is 0 Å². The van der Waals surface area contributed by atoms with Gasteiger partial charge in [0.05, 0.1) is 11.3 Å². The van der Waals surface area contributed by atoms with Gasteiger partial charge in [-0.1, -0.05) is 23.7 Å². The van der Waals surface area contributed by atoms with E-state index in [0.29, 0.717) is 5.56 Å². The van der Waals surface area contributed by atoms with Crippen LogP contribution in [-0.4, -0.2) is 29.8 Å². The minimum atomic E-state index is -4.45. The zero-order valence-electron chi connectivity index (χ0n) is 13.8. The monoisotopic (exact) mass is 400 g/mol. The molecular weight excluding hydrogens is 388 g/mol. The van der Waals surface area contributed by atoms with Gasteiger partial charge in [-0.3, -0.25) is 14.5 Å². The highest BCUT2D eigenvalue weighted by molar-refractivity contribution is 6.30. The van der Waals surface area contributed by atoms with Gasteiger partial charge in [0.2, 0.25) is 11.8 Å². The third-order valence-corrected chi connectivity index (χ3v) is 4.36. The largest absolute Gasteiger partial charge is 0.416 e. The van der Waals surface area contributed by atoms with Crippen molar-refractivity contribution in [3.63, 3.8) is 0 Å². The highest BCUT2D eigenvalue weighted by atomic mass is 35.5. The number of carbonyl (C=O) groups excluding carboxylic acids is 2. The van der Waals surface area contributed by atoms with Gasteiger partial charge in [0.25, 0.3) is 0 Å². The lowest BCUT2D eigenvalue weighted by Crippen LogP contribution is -2.53. The summed E-state index contributed by atoms with van der Waals surface area (Å²) in [6.45, 7) is -0.681. The highest BCUT2D eigenvalue weighted by Gasteiger charge is 2.33. The Balaban J connectivity index is 1.72. The van der Waals surface area contributed by atoms with E-state index in [-0.39, 0.29) is 30.3 Å². The van der Waals surface area contributed by atoms with Crippen molar-refractivity contribution >= 4 is 29.1 Å². The Morgan fingerprint density at radius 2 is 1.63 bits per heavy atom. The van der Waals surface area contributed by atoms with E-state index in [4.69, 9.17) is 11.6 Å². The lowest BCUT2D eigenvalue weighted by atomic mass is 10.1. The molecule has 0 aliphatic carbocycles. The van der Waals surface area contributed by atoms with Crippen molar-refractivity contribution in [1.82, 2.24) is 4.90 Å². The first-order valence-electron chi connectivity index (χ1n) is 7.84. The van der Waals surface area contributed by atoms with Crippen molar-refractivity contribution in [2.45, 2.75) is 12.7 Å². The van der Waals surface area contributed by atoms with Crippen molar-refractivity contribution in [2.24, 2.45) is 0 Å². The van der Waals surface area contributed by atoms with Crippen LogP contribution in [0.25, 0.3) is 0 Å². The van der Waals surface area contributed by atoms with Gasteiger partial charge in [-0.25, -0.2) is 4.39 Å². The first-order valence-corrected chi connectivity index (χ1v) is 8.22. The molecule has 2 aromatic rings. The van der Waals surface area contributed by atoms with Crippen LogP contribution in [0.2, 0.25) is 5.02 Å². The molecule has 2 amide bonds. The Kier molecular flexibility index (Phi) is 5.10. The smallest absolute Gasteiger partial charge is 0.327 e. The fraction of sp³-hybridized carbons (Fsp3) is 0.222. The summed E-state index contributed by atoms with van der Waals surface area (Å²) in [4.78, 5) is 26.9. The van der Waals surface area contributed by atoms with Crippen LogP contribution in [0.3, 0.4) is 0 Å².